The minimum absolute atomic E-state index is 0.0525. The smallest absolute Gasteiger partial charge is 0.296 e. The monoisotopic (exact) mass is 372 g/mol. The molecule has 1 N–H and O–H groups in total. The Morgan fingerprint density at radius 2 is 1.95 bits per heavy atom. The lowest BCUT2D eigenvalue weighted by Gasteiger charge is -2.11. The second-order valence-electron chi connectivity index (χ2n) is 4.07. The number of hydrogen-bond acceptors (Lipinski definition) is 6. The van der Waals surface area contributed by atoms with E-state index in [1.54, 1.807) is 17.4 Å². The molecule has 0 atom stereocenters. The standard InChI is InChI=1S/C13H13BrN2O4S/c1-19-12-4-10(11(16(17)18)5-13(12)20-2)15-6-9-3-8(14)7-21-9/h3-5,7,15H,6H2,1-2H3. The first kappa shape index (κ1) is 15.6. The minimum Gasteiger partial charge on any atom is -0.493 e. The van der Waals surface area contributed by atoms with Gasteiger partial charge in [-0.3, -0.25) is 10.1 Å². The topological polar surface area (TPSA) is 73.6 Å². The van der Waals surface area contributed by atoms with Gasteiger partial charge in [-0.1, -0.05) is 0 Å². The van der Waals surface area contributed by atoms with Gasteiger partial charge in [-0.15, -0.1) is 11.3 Å². The van der Waals surface area contributed by atoms with Gasteiger partial charge < -0.3 is 14.8 Å². The van der Waals surface area contributed by atoms with Crippen molar-refractivity contribution < 1.29 is 14.4 Å². The maximum atomic E-state index is 11.2. The number of halogens is 1. The Morgan fingerprint density at radius 3 is 2.48 bits per heavy atom. The minimum atomic E-state index is -0.450. The summed E-state index contributed by atoms with van der Waals surface area (Å²) in [5.41, 5.74) is 0.338. The van der Waals surface area contributed by atoms with Gasteiger partial charge in [-0.2, -0.15) is 0 Å². The molecule has 1 aromatic carbocycles. The molecule has 0 aliphatic rings. The third-order valence-corrected chi connectivity index (χ3v) is 4.47. The molecule has 2 aromatic rings. The van der Waals surface area contributed by atoms with Crippen LogP contribution in [0.1, 0.15) is 4.88 Å². The van der Waals surface area contributed by atoms with Crippen LogP contribution in [-0.2, 0) is 6.54 Å². The number of ether oxygens (including phenoxy) is 2. The van der Waals surface area contributed by atoms with Gasteiger partial charge in [0.15, 0.2) is 11.5 Å². The molecule has 0 saturated heterocycles. The van der Waals surface area contributed by atoms with Crippen LogP contribution < -0.4 is 14.8 Å². The molecule has 0 unspecified atom stereocenters. The van der Waals surface area contributed by atoms with Gasteiger partial charge in [0.25, 0.3) is 5.69 Å². The van der Waals surface area contributed by atoms with Gasteiger partial charge in [0, 0.05) is 27.3 Å². The van der Waals surface area contributed by atoms with Gasteiger partial charge >= 0.3 is 0 Å². The van der Waals surface area contributed by atoms with E-state index in [0.29, 0.717) is 23.7 Å². The van der Waals surface area contributed by atoms with Crippen LogP contribution in [-0.4, -0.2) is 19.1 Å². The Morgan fingerprint density at radius 1 is 1.29 bits per heavy atom. The van der Waals surface area contributed by atoms with Crippen LogP contribution in [0, 0.1) is 10.1 Å². The van der Waals surface area contributed by atoms with Crippen LogP contribution in [0.5, 0.6) is 11.5 Å². The van der Waals surface area contributed by atoms with E-state index in [1.807, 2.05) is 11.4 Å². The number of nitrogens with zero attached hydrogens (tertiary/aromatic N) is 1. The van der Waals surface area contributed by atoms with Gasteiger partial charge in [0.1, 0.15) is 5.69 Å². The number of hydrogen-bond donors (Lipinski definition) is 1. The molecular weight excluding hydrogens is 360 g/mol. The Labute approximate surface area is 134 Å². The molecule has 0 bridgehead atoms. The van der Waals surface area contributed by atoms with Crippen molar-refractivity contribution in [3.8, 4) is 11.5 Å². The average Bonchev–Trinajstić information content (AvgIpc) is 2.89. The molecule has 0 radical (unpaired) electrons. The van der Waals surface area contributed by atoms with E-state index in [4.69, 9.17) is 9.47 Å². The highest BCUT2D eigenvalue weighted by atomic mass is 79.9. The van der Waals surface area contributed by atoms with Crippen LogP contribution in [0.15, 0.2) is 28.1 Å². The number of methoxy groups -OCH3 is 2. The van der Waals surface area contributed by atoms with Crippen molar-refractivity contribution in [2.45, 2.75) is 6.54 Å². The Balaban J connectivity index is 2.29. The molecule has 1 heterocycles. The van der Waals surface area contributed by atoms with Crippen molar-refractivity contribution in [2.24, 2.45) is 0 Å². The van der Waals surface area contributed by atoms with E-state index in [1.165, 1.54) is 20.3 Å². The van der Waals surface area contributed by atoms with Crippen molar-refractivity contribution >= 4 is 38.6 Å². The molecule has 21 heavy (non-hydrogen) atoms. The zero-order chi connectivity index (χ0) is 15.4. The molecule has 0 aliphatic carbocycles. The van der Waals surface area contributed by atoms with E-state index in [2.05, 4.69) is 21.2 Å². The first-order valence-corrected chi connectivity index (χ1v) is 7.59. The lowest BCUT2D eigenvalue weighted by molar-refractivity contribution is -0.384. The van der Waals surface area contributed by atoms with E-state index >= 15 is 0 Å². The Hall–Kier alpha value is -1.80. The van der Waals surface area contributed by atoms with Crippen molar-refractivity contribution in [3.63, 3.8) is 0 Å². The number of nitro groups is 1. The van der Waals surface area contributed by atoms with Gasteiger partial charge in [0.05, 0.1) is 25.2 Å². The van der Waals surface area contributed by atoms with Crippen LogP contribution in [0.25, 0.3) is 0 Å². The van der Waals surface area contributed by atoms with E-state index in [9.17, 15) is 10.1 Å². The average molecular weight is 373 g/mol. The Bertz CT molecular complexity index is 660. The fourth-order valence-electron chi connectivity index (χ4n) is 1.79. The molecule has 8 heteroatoms. The number of nitro benzene ring substituents is 1. The summed E-state index contributed by atoms with van der Waals surface area (Å²) in [6.07, 6.45) is 0. The molecule has 6 nitrogen and oxygen atoms in total. The third-order valence-electron chi connectivity index (χ3n) is 2.77. The summed E-state index contributed by atoms with van der Waals surface area (Å²) < 4.78 is 11.3. The highest BCUT2D eigenvalue weighted by molar-refractivity contribution is 9.10. The van der Waals surface area contributed by atoms with Crippen molar-refractivity contribution in [3.05, 3.63) is 43.0 Å². The van der Waals surface area contributed by atoms with Crippen LogP contribution in [0.4, 0.5) is 11.4 Å². The van der Waals surface area contributed by atoms with E-state index < -0.39 is 4.92 Å². The lowest BCUT2D eigenvalue weighted by Crippen LogP contribution is -2.03. The molecule has 2 rings (SSSR count). The number of benzene rings is 1. The fraction of sp³-hybridized carbons (Fsp3) is 0.231. The fourth-order valence-corrected chi connectivity index (χ4v) is 3.18. The van der Waals surface area contributed by atoms with Crippen LogP contribution in [0.3, 0.4) is 0 Å². The molecular formula is C13H13BrN2O4S. The number of nitrogens with one attached hydrogen (secondary N) is 1. The molecule has 112 valence electrons. The van der Waals surface area contributed by atoms with Crippen molar-refractivity contribution in [1.82, 2.24) is 0 Å². The van der Waals surface area contributed by atoms with Crippen molar-refractivity contribution in [2.75, 3.05) is 19.5 Å². The van der Waals surface area contributed by atoms with E-state index in [-0.39, 0.29) is 5.69 Å². The normalized spacial score (nSPS) is 10.2. The highest BCUT2D eigenvalue weighted by Gasteiger charge is 2.19. The zero-order valence-corrected chi connectivity index (χ0v) is 13.8. The summed E-state index contributed by atoms with van der Waals surface area (Å²) in [6, 6.07) is 4.88. The van der Waals surface area contributed by atoms with Gasteiger partial charge in [-0.25, -0.2) is 0 Å². The summed E-state index contributed by atoms with van der Waals surface area (Å²) >= 11 is 4.94. The second kappa shape index (κ2) is 6.77. The van der Waals surface area contributed by atoms with Crippen LogP contribution in [0.2, 0.25) is 0 Å². The number of rotatable bonds is 6. The second-order valence-corrected chi connectivity index (χ2v) is 5.98. The molecule has 0 spiro atoms. The predicted molar refractivity (Wildman–Crippen MR) is 85.5 cm³/mol. The van der Waals surface area contributed by atoms with Gasteiger partial charge in [0.2, 0.25) is 0 Å². The van der Waals surface area contributed by atoms with E-state index in [0.717, 1.165) is 9.35 Å². The van der Waals surface area contributed by atoms with Crippen molar-refractivity contribution in [1.29, 1.82) is 0 Å². The lowest BCUT2D eigenvalue weighted by atomic mass is 10.2. The Kier molecular flexibility index (Phi) is 5.03. The number of anilines is 1. The highest BCUT2D eigenvalue weighted by Crippen LogP contribution is 2.38. The first-order chi connectivity index (χ1) is 10.0. The maximum Gasteiger partial charge on any atom is 0.296 e. The maximum absolute atomic E-state index is 11.2. The van der Waals surface area contributed by atoms with Crippen LogP contribution >= 0.6 is 27.3 Å². The largest absolute Gasteiger partial charge is 0.493 e. The molecule has 0 saturated carbocycles. The quantitative estimate of drug-likeness (QED) is 0.611. The molecule has 0 aliphatic heterocycles. The summed E-state index contributed by atoms with van der Waals surface area (Å²) in [4.78, 5) is 11.8. The summed E-state index contributed by atoms with van der Waals surface area (Å²) in [7, 11) is 2.93. The molecule has 0 fully saturated rings. The summed E-state index contributed by atoms with van der Waals surface area (Å²) in [5, 5.41) is 16.2. The number of thiophene rings is 1. The summed E-state index contributed by atoms with van der Waals surface area (Å²) in [6.45, 7) is 0.493. The zero-order valence-electron chi connectivity index (χ0n) is 11.4. The SMILES string of the molecule is COc1cc(NCc2cc(Br)cs2)c([N+](=O)[O-])cc1OC. The third kappa shape index (κ3) is 3.64. The molecule has 0 amide bonds. The molecule has 1 aromatic heterocycles. The summed E-state index contributed by atoms with van der Waals surface area (Å²) in [5.74, 6) is 0.770. The van der Waals surface area contributed by atoms with Gasteiger partial charge in [-0.05, 0) is 22.0 Å². The predicted octanol–water partition coefficient (Wildman–Crippen LogP) is 4.05. The first-order valence-electron chi connectivity index (χ1n) is 5.92.